The number of hydrogen-bond donors (Lipinski definition) is 1. The molecule has 2 unspecified atom stereocenters. The predicted octanol–water partition coefficient (Wildman–Crippen LogP) is 3.27. The van der Waals surface area contributed by atoms with E-state index in [9.17, 15) is 14.9 Å². The Hall–Kier alpha value is -2.99. The van der Waals surface area contributed by atoms with Gasteiger partial charge in [0.25, 0.3) is 0 Å². The topological polar surface area (TPSA) is 94.9 Å². The standard InChI is InChI=1S/C30H38N4O4/c1-15-8-20-10-23-25(12-31)34-24(28(33(23)6)27(20)30(18(15)4)38-14-37-7)11-22-21(26(34)13-32-19(5)35)9-16(2)17(3)29(22)36/h8,23-26,28H,9-11,13-14H2,1-7H3,(H,32,35)/t23-,24?,25-,26-,28?/m0/s1. The molecule has 8 heteroatoms. The first-order valence-electron chi connectivity index (χ1n) is 13.4. The molecule has 8 nitrogen and oxygen atoms in total. The highest BCUT2D eigenvalue weighted by Gasteiger charge is 2.56. The number of carbonyl (C=O) groups is 2. The van der Waals surface area contributed by atoms with E-state index in [0.29, 0.717) is 19.4 Å². The monoisotopic (exact) mass is 518 g/mol. The van der Waals surface area contributed by atoms with Crippen molar-refractivity contribution in [3.63, 3.8) is 0 Å². The number of Topliss-reactive ketones (excluding diaryl/α,β-unsaturated/α-hetero) is 1. The molecule has 0 aromatic heterocycles. The number of ether oxygens (including phenoxy) is 2. The van der Waals surface area contributed by atoms with Gasteiger partial charge in [-0.15, -0.1) is 0 Å². The van der Waals surface area contributed by atoms with Crippen molar-refractivity contribution in [1.82, 2.24) is 15.1 Å². The van der Waals surface area contributed by atoms with E-state index >= 15 is 0 Å². The normalized spacial score (nSPS) is 28.9. The smallest absolute Gasteiger partial charge is 0.216 e. The molecule has 0 radical (unpaired) electrons. The Morgan fingerprint density at radius 3 is 2.61 bits per heavy atom. The highest BCUT2D eigenvalue weighted by molar-refractivity contribution is 6.10. The molecule has 38 heavy (non-hydrogen) atoms. The molecule has 1 amide bonds. The van der Waals surface area contributed by atoms with Gasteiger partial charge >= 0.3 is 0 Å². The highest BCUT2D eigenvalue weighted by atomic mass is 16.7. The zero-order valence-electron chi connectivity index (χ0n) is 23.5. The third kappa shape index (κ3) is 4.00. The van der Waals surface area contributed by atoms with E-state index < -0.39 is 0 Å². The van der Waals surface area contributed by atoms with Crippen LogP contribution < -0.4 is 10.1 Å². The van der Waals surface area contributed by atoms with Crippen molar-refractivity contribution in [3.05, 3.63) is 50.6 Å². The van der Waals surface area contributed by atoms with E-state index in [-0.39, 0.29) is 48.7 Å². The lowest BCUT2D eigenvalue weighted by Gasteiger charge is -2.60. The van der Waals surface area contributed by atoms with Crippen molar-refractivity contribution >= 4 is 11.7 Å². The fraction of sp³-hybridized carbons (Fsp3) is 0.567. The summed E-state index contributed by atoms with van der Waals surface area (Å²) in [5.74, 6) is 0.823. The van der Waals surface area contributed by atoms with Gasteiger partial charge in [0.05, 0.1) is 18.2 Å². The molecular formula is C30H38N4O4. The zero-order valence-corrected chi connectivity index (χ0v) is 23.5. The van der Waals surface area contributed by atoms with E-state index in [0.717, 1.165) is 51.2 Å². The van der Waals surface area contributed by atoms with Crippen LogP contribution in [0.15, 0.2) is 28.4 Å². The summed E-state index contributed by atoms with van der Waals surface area (Å²) >= 11 is 0. The van der Waals surface area contributed by atoms with E-state index in [1.165, 1.54) is 12.5 Å². The second-order valence-electron chi connectivity index (χ2n) is 11.3. The van der Waals surface area contributed by atoms with Gasteiger partial charge < -0.3 is 14.8 Å². The maximum Gasteiger partial charge on any atom is 0.216 e. The number of benzene rings is 1. The number of nitrogens with zero attached hydrogens (tertiary/aromatic N) is 3. The fourth-order valence-corrected chi connectivity index (χ4v) is 7.20. The Bertz CT molecular complexity index is 1310. The first kappa shape index (κ1) is 26.6. The van der Waals surface area contributed by atoms with Gasteiger partial charge in [0.1, 0.15) is 11.8 Å². The number of nitriles is 1. The average Bonchev–Trinajstić information content (AvgIpc) is 2.87. The second kappa shape index (κ2) is 9.96. The van der Waals surface area contributed by atoms with Gasteiger partial charge in [-0.3, -0.25) is 19.4 Å². The van der Waals surface area contributed by atoms with Gasteiger partial charge in [-0.05, 0) is 81.8 Å². The molecule has 5 atom stereocenters. The number of methoxy groups -OCH3 is 1. The predicted molar refractivity (Wildman–Crippen MR) is 144 cm³/mol. The number of carbonyl (C=O) groups excluding carboxylic acids is 2. The first-order valence-corrected chi connectivity index (χ1v) is 13.4. The number of nitrogens with one attached hydrogen (secondary N) is 1. The van der Waals surface area contributed by atoms with Crippen molar-refractivity contribution in [2.75, 3.05) is 27.5 Å². The number of amides is 1. The van der Waals surface area contributed by atoms with Gasteiger partial charge in [-0.25, -0.2) is 0 Å². The third-order valence-electron chi connectivity index (χ3n) is 9.30. The number of aryl methyl sites for hydroxylation is 1. The van der Waals surface area contributed by atoms with Crippen LogP contribution in [0.1, 0.15) is 61.9 Å². The minimum atomic E-state index is -0.380. The lowest BCUT2D eigenvalue weighted by molar-refractivity contribution is -0.119. The minimum Gasteiger partial charge on any atom is -0.467 e. The molecule has 1 aromatic carbocycles. The second-order valence-corrected chi connectivity index (χ2v) is 11.3. The van der Waals surface area contributed by atoms with Crippen LogP contribution in [0.2, 0.25) is 0 Å². The molecule has 1 N–H and O–H groups in total. The zero-order chi connectivity index (χ0) is 27.5. The van der Waals surface area contributed by atoms with Crippen molar-refractivity contribution in [2.45, 2.75) is 84.1 Å². The van der Waals surface area contributed by atoms with Crippen molar-refractivity contribution in [2.24, 2.45) is 0 Å². The Kier molecular flexibility index (Phi) is 6.97. The first-order chi connectivity index (χ1) is 18.1. The molecule has 202 valence electrons. The maximum absolute atomic E-state index is 13.6. The molecule has 1 aromatic rings. The molecular weight excluding hydrogens is 480 g/mol. The summed E-state index contributed by atoms with van der Waals surface area (Å²) in [4.78, 5) is 30.3. The maximum atomic E-state index is 13.6. The van der Waals surface area contributed by atoms with E-state index in [1.54, 1.807) is 7.11 Å². The van der Waals surface area contributed by atoms with Gasteiger partial charge in [-0.1, -0.05) is 11.6 Å². The van der Waals surface area contributed by atoms with E-state index in [1.807, 2.05) is 13.8 Å². The molecule has 5 rings (SSSR count). The quantitative estimate of drug-likeness (QED) is 0.598. The number of likely N-dealkylation sites (N-methyl/N-ethyl adjacent to an activating group) is 1. The summed E-state index contributed by atoms with van der Waals surface area (Å²) < 4.78 is 11.5. The molecule has 0 saturated carbocycles. The number of rotatable bonds is 5. The average molecular weight is 519 g/mol. The molecule has 3 aliphatic heterocycles. The number of allylic oxidation sites excluding steroid dienone is 2. The van der Waals surface area contributed by atoms with Crippen LogP contribution >= 0.6 is 0 Å². The summed E-state index contributed by atoms with van der Waals surface area (Å²) in [7, 11) is 3.72. The molecule has 1 fully saturated rings. The van der Waals surface area contributed by atoms with Gasteiger partial charge in [0, 0.05) is 43.8 Å². The van der Waals surface area contributed by atoms with Crippen molar-refractivity contribution in [1.29, 1.82) is 5.26 Å². The number of ketones is 1. The third-order valence-corrected chi connectivity index (χ3v) is 9.30. The summed E-state index contributed by atoms with van der Waals surface area (Å²) in [6, 6.07) is 4.06. The van der Waals surface area contributed by atoms with Crippen molar-refractivity contribution in [3.8, 4) is 11.8 Å². The number of hydrogen-bond acceptors (Lipinski definition) is 7. The number of piperazine rings is 1. The SMILES string of the molecule is COCOc1c(C)c(C)cc2c1C1C3CC4=C(CC(C)=C(C)C4=O)[C@H](CNC(C)=O)N3[C@@H](C#N)[C@H](C2)N1C. The summed E-state index contributed by atoms with van der Waals surface area (Å²) in [5.41, 5.74) is 8.35. The molecule has 3 heterocycles. The van der Waals surface area contributed by atoms with E-state index in [2.05, 4.69) is 48.1 Å². The van der Waals surface area contributed by atoms with Crippen molar-refractivity contribution < 1.29 is 19.1 Å². The highest BCUT2D eigenvalue weighted by Crippen LogP contribution is 2.53. The summed E-state index contributed by atoms with van der Waals surface area (Å²) in [6.45, 7) is 10.1. The Morgan fingerprint density at radius 2 is 1.95 bits per heavy atom. The van der Waals surface area contributed by atoms with Gasteiger partial charge in [0.2, 0.25) is 5.91 Å². The molecule has 1 saturated heterocycles. The van der Waals surface area contributed by atoms with Crippen LogP contribution in [0.25, 0.3) is 0 Å². The molecule has 4 aliphatic rings. The number of fused-ring (bicyclic) bond motifs is 6. The van der Waals surface area contributed by atoms with Gasteiger partial charge in [-0.2, -0.15) is 5.26 Å². The summed E-state index contributed by atoms with van der Waals surface area (Å²) in [6.07, 6.45) is 1.98. The molecule has 1 aliphatic carbocycles. The van der Waals surface area contributed by atoms with Crippen LogP contribution in [0, 0.1) is 25.2 Å². The lowest BCUT2D eigenvalue weighted by atomic mass is 9.69. The Balaban J connectivity index is 1.71. The van der Waals surface area contributed by atoms with Crippen LogP contribution in [0.4, 0.5) is 0 Å². The van der Waals surface area contributed by atoms with Gasteiger partial charge in [0.15, 0.2) is 12.6 Å². The van der Waals surface area contributed by atoms with Crippen LogP contribution in [-0.2, 0) is 20.7 Å². The molecule has 2 bridgehead atoms. The van der Waals surface area contributed by atoms with Crippen LogP contribution in [0.5, 0.6) is 5.75 Å². The van der Waals surface area contributed by atoms with E-state index in [4.69, 9.17) is 9.47 Å². The van der Waals surface area contributed by atoms with Crippen LogP contribution in [0.3, 0.4) is 0 Å². The Labute approximate surface area is 225 Å². The Morgan fingerprint density at radius 1 is 1.21 bits per heavy atom. The largest absolute Gasteiger partial charge is 0.467 e. The molecule has 0 spiro atoms. The lowest BCUT2D eigenvalue weighted by Crippen LogP contribution is -2.70. The minimum absolute atomic E-state index is 0.0224. The van der Waals surface area contributed by atoms with Crippen LogP contribution in [-0.4, -0.2) is 73.2 Å². The fourth-order valence-electron chi connectivity index (χ4n) is 7.20. The summed E-state index contributed by atoms with van der Waals surface area (Å²) in [5, 5.41) is 13.6.